The summed E-state index contributed by atoms with van der Waals surface area (Å²) >= 11 is 1.69. The predicted molar refractivity (Wildman–Crippen MR) is 122 cm³/mol. The largest absolute Gasteiger partial charge is 0.344 e. The number of carbonyl (C=O) groups is 2. The van der Waals surface area contributed by atoms with Gasteiger partial charge in [-0.15, -0.1) is 11.3 Å². The number of fused-ring (bicyclic) bond motifs is 1. The van der Waals surface area contributed by atoms with Crippen LogP contribution in [0.25, 0.3) is 0 Å². The number of hydrogen-bond acceptors (Lipinski definition) is 3. The zero-order chi connectivity index (χ0) is 20.9. The van der Waals surface area contributed by atoms with Gasteiger partial charge < -0.3 is 10.2 Å². The SMILES string of the molecule is CCCC(=O)N1CCC(C(=O)NC(c2ccc3c(c2)CCCC3)c2cccs2)CC1. The molecule has 0 saturated carbocycles. The molecule has 2 aromatic rings. The maximum Gasteiger partial charge on any atom is 0.224 e. The molecule has 0 radical (unpaired) electrons. The van der Waals surface area contributed by atoms with Gasteiger partial charge in [-0.1, -0.05) is 31.2 Å². The number of carbonyl (C=O) groups excluding carboxylic acids is 2. The van der Waals surface area contributed by atoms with Crippen LogP contribution in [0.1, 0.15) is 73.1 Å². The molecule has 30 heavy (non-hydrogen) atoms. The molecule has 1 fully saturated rings. The van der Waals surface area contributed by atoms with E-state index in [4.69, 9.17) is 0 Å². The van der Waals surface area contributed by atoms with Gasteiger partial charge in [0.1, 0.15) is 0 Å². The van der Waals surface area contributed by atoms with E-state index in [0.717, 1.165) is 25.7 Å². The van der Waals surface area contributed by atoms with E-state index in [1.54, 1.807) is 11.3 Å². The molecule has 0 bridgehead atoms. The maximum absolute atomic E-state index is 13.2. The number of piperidine rings is 1. The Balaban J connectivity index is 1.46. The topological polar surface area (TPSA) is 49.4 Å². The van der Waals surface area contributed by atoms with Gasteiger partial charge in [-0.3, -0.25) is 9.59 Å². The van der Waals surface area contributed by atoms with Gasteiger partial charge in [0.2, 0.25) is 11.8 Å². The van der Waals surface area contributed by atoms with Crippen molar-refractivity contribution < 1.29 is 9.59 Å². The third kappa shape index (κ3) is 4.77. The third-order valence-corrected chi connectivity index (χ3v) is 7.44. The molecule has 1 unspecified atom stereocenters. The van der Waals surface area contributed by atoms with Gasteiger partial charge in [-0.05, 0) is 73.1 Å². The summed E-state index contributed by atoms with van der Waals surface area (Å²) in [5.74, 6) is 0.325. The fourth-order valence-electron chi connectivity index (χ4n) is 4.73. The van der Waals surface area contributed by atoms with E-state index < -0.39 is 0 Å². The van der Waals surface area contributed by atoms with Crippen molar-refractivity contribution in [3.63, 3.8) is 0 Å². The van der Waals surface area contributed by atoms with E-state index in [1.165, 1.54) is 40.8 Å². The van der Waals surface area contributed by atoms with Crippen LogP contribution < -0.4 is 5.32 Å². The number of nitrogens with one attached hydrogen (secondary N) is 1. The van der Waals surface area contributed by atoms with E-state index >= 15 is 0 Å². The summed E-state index contributed by atoms with van der Waals surface area (Å²) in [7, 11) is 0. The van der Waals surface area contributed by atoms with Gasteiger partial charge in [0.15, 0.2) is 0 Å². The third-order valence-electron chi connectivity index (χ3n) is 6.50. The van der Waals surface area contributed by atoms with Crippen molar-refractivity contribution in [2.45, 2.75) is 64.3 Å². The van der Waals surface area contributed by atoms with Crippen molar-refractivity contribution in [2.24, 2.45) is 5.92 Å². The summed E-state index contributed by atoms with van der Waals surface area (Å²) in [6, 6.07) is 10.8. The van der Waals surface area contributed by atoms with Crippen molar-refractivity contribution in [2.75, 3.05) is 13.1 Å². The Kier molecular flexibility index (Phi) is 6.88. The van der Waals surface area contributed by atoms with Crippen LogP contribution >= 0.6 is 11.3 Å². The van der Waals surface area contributed by atoms with Crippen molar-refractivity contribution in [3.8, 4) is 0 Å². The Morgan fingerprint density at radius 3 is 2.60 bits per heavy atom. The number of thiophene rings is 1. The summed E-state index contributed by atoms with van der Waals surface area (Å²) < 4.78 is 0. The lowest BCUT2D eigenvalue weighted by atomic mass is 9.88. The van der Waals surface area contributed by atoms with Crippen molar-refractivity contribution >= 4 is 23.2 Å². The average Bonchev–Trinajstić information content (AvgIpc) is 3.32. The Morgan fingerprint density at radius 1 is 1.13 bits per heavy atom. The number of nitrogens with zero attached hydrogens (tertiary/aromatic N) is 1. The first-order valence-electron chi connectivity index (χ1n) is 11.4. The molecular formula is C25H32N2O2S. The first-order valence-corrected chi connectivity index (χ1v) is 12.3. The first-order chi connectivity index (χ1) is 14.7. The zero-order valence-electron chi connectivity index (χ0n) is 17.9. The van der Waals surface area contributed by atoms with Gasteiger partial charge in [0.05, 0.1) is 6.04 Å². The Labute approximate surface area is 183 Å². The van der Waals surface area contributed by atoms with Crippen LogP contribution in [-0.2, 0) is 22.4 Å². The molecule has 5 heteroatoms. The Bertz CT molecular complexity index is 869. The molecular weight excluding hydrogens is 392 g/mol. The highest BCUT2D eigenvalue weighted by molar-refractivity contribution is 7.10. The van der Waals surface area contributed by atoms with E-state index in [2.05, 4.69) is 41.0 Å². The number of likely N-dealkylation sites (tertiary alicyclic amines) is 1. The van der Waals surface area contributed by atoms with Gasteiger partial charge in [-0.2, -0.15) is 0 Å². The number of benzene rings is 1. The molecule has 1 saturated heterocycles. The monoisotopic (exact) mass is 424 g/mol. The van der Waals surface area contributed by atoms with Gasteiger partial charge in [0.25, 0.3) is 0 Å². The second-order valence-electron chi connectivity index (χ2n) is 8.60. The molecule has 1 atom stereocenters. The first kappa shape index (κ1) is 21.1. The molecule has 1 aliphatic carbocycles. The van der Waals surface area contributed by atoms with Crippen molar-refractivity contribution in [1.82, 2.24) is 10.2 Å². The highest BCUT2D eigenvalue weighted by Gasteiger charge is 2.29. The molecule has 2 aliphatic rings. The summed E-state index contributed by atoms with van der Waals surface area (Å²) in [6.07, 6.45) is 7.82. The fourth-order valence-corrected chi connectivity index (χ4v) is 5.53. The fraction of sp³-hybridized carbons (Fsp3) is 0.520. The Hall–Kier alpha value is -2.14. The smallest absolute Gasteiger partial charge is 0.224 e. The molecule has 1 N–H and O–H groups in total. The number of rotatable bonds is 6. The van der Waals surface area contributed by atoms with Crippen LogP contribution in [0.2, 0.25) is 0 Å². The van der Waals surface area contributed by atoms with E-state index in [9.17, 15) is 9.59 Å². The molecule has 4 rings (SSSR count). The van der Waals surface area contributed by atoms with Crippen LogP contribution in [0.5, 0.6) is 0 Å². The second kappa shape index (κ2) is 9.78. The van der Waals surface area contributed by atoms with Gasteiger partial charge in [0, 0.05) is 30.3 Å². The van der Waals surface area contributed by atoms with Crippen LogP contribution in [-0.4, -0.2) is 29.8 Å². The number of amides is 2. The van der Waals surface area contributed by atoms with E-state index in [1.807, 2.05) is 11.8 Å². The lowest BCUT2D eigenvalue weighted by Crippen LogP contribution is -2.43. The minimum Gasteiger partial charge on any atom is -0.344 e. The minimum absolute atomic E-state index is 0.0178. The molecule has 1 aliphatic heterocycles. The summed E-state index contributed by atoms with van der Waals surface area (Å²) in [5.41, 5.74) is 4.09. The lowest BCUT2D eigenvalue weighted by Gasteiger charge is -2.32. The molecule has 0 spiro atoms. The van der Waals surface area contributed by atoms with Crippen LogP contribution in [0, 0.1) is 5.92 Å². The Morgan fingerprint density at radius 2 is 1.90 bits per heavy atom. The molecule has 1 aromatic carbocycles. The lowest BCUT2D eigenvalue weighted by molar-refractivity contribution is -0.135. The van der Waals surface area contributed by atoms with Crippen molar-refractivity contribution in [3.05, 3.63) is 57.3 Å². The summed E-state index contributed by atoms with van der Waals surface area (Å²) in [5, 5.41) is 5.42. The number of aryl methyl sites for hydroxylation is 2. The van der Waals surface area contributed by atoms with Crippen LogP contribution in [0.15, 0.2) is 35.7 Å². The zero-order valence-corrected chi connectivity index (χ0v) is 18.7. The molecule has 2 heterocycles. The number of hydrogen-bond donors (Lipinski definition) is 1. The van der Waals surface area contributed by atoms with Crippen LogP contribution in [0.3, 0.4) is 0 Å². The molecule has 1 aromatic heterocycles. The standard InChI is InChI=1S/C25H32N2O2S/c1-2-6-23(28)27-14-12-19(13-15-27)25(29)26-24(22-9-5-16-30-22)21-11-10-18-7-3-4-8-20(18)17-21/h5,9-11,16-17,19,24H,2-4,6-8,12-15H2,1H3,(H,26,29). The second-order valence-corrected chi connectivity index (χ2v) is 9.58. The molecule has 4 nitrogen and oxygen atoms in total. The van der Waals surface area contributed by atoms with Crippen molar-refractivity contribution in [1.29, 1.82) is 0 Å². The molecule has 2 amide bonds. The highest BCUT2D eigenvalue weighted by atomic mass is 32.1. The predicted octanol–water partition coefficient (Wildman–Crippen LogP) is 4.87. The average molecular weight is 425 g/mol. The normalized spacial score (nSPS) is 18.0. The minimum atomic E-state index is -0.0931. The highest BCUT2D eigenvalue weighted by Crippen LogP contribution is 2.31. The van der Waals surface area contributed by atoms with E-state index in [0.29, 0.717) is 19.5 Å². The van der Waals surface area contributed by atoms with Crippen LogP contribution in [0.4, 0.5) is 0 Å². The summed E-state index contributed by atoms with van der Waals surface area (Å²) in [6.45, 7) is 3.42. The molecule has 160 valence electrons. The van der Waals surface area contributed by atoms with Gasteiger partial charge >= 0.3 is 0 Å². The van der Waals surface area contributed by atoms with E-state index in [-0.39, 0.29) is 23.8 Å². The summed E-state index contributed by atoms with van der Waals surface area (Å²) in [4.78, 5) is 28.4. The van der Waals surface area contributed by atoms with Gasteiger partial charge in [-0.25, -0.2) is 0 Å². The maximum atomic E-state index is 13.2. The quantitative estimate of drug-likeness (QED) is 0.719.